The van der Waals surface area contributed by atoms with Gasteiger partial charge in [-0.3, -0.25) is 4.99 Å². The van der Waals surface area contributed by atoms with E-state index in [2.05, 4.69) is 29.3 Å². The van der Waals surface area contributed by atoms with Gasteiger partial charge < -0.3 is 15.0 Å². The molecule has 4 rings (SSSR count). The highest BCUT2D eigenvalue weighted by molar-refractivity contribution is 14.0. The number of nitrogens with one attached hydrogen (secondary N) is 1. The van der Waals surface area contributed by atoms with Crippen LogP contribution >= 0.6 is 24.0 Å². The van der Waals surface area contributed by atoms with Crippen molar-refractivity contribution in [1.29, 1.82) is 0 Å². The number of benzene rings is 2. The van der Waals surface area contributed by atoms with E-state index in [1.807, 2.05) is 30.3 Å². The largest absolute Gasteiger partial charge is 0.376 e. The summed E-state index contributed by atoms with van der Waals surface area (Å²) < 4.78 is 20.0. The van der Waals surface area contributed by atoms with E-state index in [0.717, 1.165) is 50.6 Å². The van der Waals surface area contributed by atoms with Crippen LogP contribution in [0.4, 0.5) is 4.39 Å². The molecule has 0 spiro atoms. The summed E-state index contributed by atoms with van der Waals surface area (Å²) in [4.78, 5) is 7.03. The van der Waals surface area contributed by atoms with Gasteiger partial charge in [0.15, 0.2) is 5.96 Å². The lowest BCUT2D eigenvalue weighted by Gasteiger charge is -2.22. The van der Waals surface area contributed by atoms with Gasteiger partial charge in [-0.15, -0.1) is 24.0 Å². The minimum absolute atomic E-state index is 0. The molecule has 2 aromatic carbocycles. The van der Waals surface area contributed by atoms with E-state index in [1.165, 1.54) is 5.56 Å². The van der Waals surface area contributed by atoms with E-state index in [4.69, 9.17) is 9.73 Å². The Kier molecular flexibility index (Phi) is 8.50. The van der Waals surface area contributed by atoms with E-state index in [1.54, 1.807) is 12.1 Å². The van der Waals surface area contributed by atoms with Crippen molar-refractivity contribution in [3.63, 3.8) is 0 Å². The van der Waals surface area contributed by atoms with Crippen LogP contribution in [0.25, 0.3) is 0 Å². The number of aliphatic imine (C=N–C) groups is 1. The summed E-state index contributed by atoms with van der Waals surface area (Å²) in [6.07, 6.45) is 2.07. The van der Waals surface area contributed by atoms with E-state index in [0.29, 0.717) is 12.5 Å². The molecule has 0 bridgehead atoms. The van der Waals surface area contributed by atoms with Crippen LogP contribution < -0.4 is 5.32 Å². The molecule has 1 aliphatic carbocycles. The Bertz CT molecular complexity index is 832. The van der Waals surface area contributed by atoms with Crippen molar-refractivity contribution in [2.75, 3.05) is 26.2 Å². The maximum atomic E-state index is 14.1. The van der Waals surface area contributed by atoms with Gasteiger partial charge in [-0.1, -0.05) is 48.5 Å². The molecule has 1 saturated carbocycles. The zero-order valence-electron chi connectivity index (χ0n) is 17.5. The molecule has 2 fully saturated rings. The third-order valence-electron chi connectivity index (χ3n) is 5.77. The molecule has 162 valence electrons. The maximum Gasteiger partial charge on any atom is 0.194 e. The fourth-order valence-electron chi connectivity index (χ4n) is 4.11. The summed E-state index contributed by atoms with van der Waals surface area (Å²) in [5, 5.41) is 3.58. The summed E-state index contributed by atoms with van der Waals surface area (Å²) in [6, 6.07) is 17.7. The number of nitrogens with zero attached hydrogens (tertiary/aromatic N) is 2. The number of halogens is 2. The molecule has 2 aromatic rings. The van der Waals surface area contributed by atoms with Gasteiger partial charge >= 0.3 is 0 Å². The monoisotopic (exact) mass is 523 g/mol. The second-order valence-electron chi connectivity index (χ2n) is 8.01. The molecule has 3 atom stereocenters. The smallest absolute Gasteiger partial charge is 0.194 e. The van der Waals surface area contributed by atoms with E-state index >= 15 is 0 Å². The summed E-state index contributed by atoms with van der Waals surface area (Å²) in [6.45, 7) is 6.18. The lowest BCUT2D eigenvalue weighted by molar-refractivity contribution is 0.0906. The SMILES string of the molecule is CCN=C(NC1CC1c1ccccc1F)N1CCC(COCc2ccccc2)C1.I. The van der Waals surface area contributed by atoms with Crippen LogP contribution in [-0.2, 0) is 11.3 Å². The highest BCUT2D eigenvalue weighted by Gasteiger charge is 2.41. The van der Waals surface area contributed by atoms with Gasteiger partial charge in [0.05, 0.1) is 13.2 Å². The Morgan fingerprint density at radius 1 is 1.17 bits per heavy atom. The minimum atomic E-state index is -0.104. The normalized spacial score (nSPS) is 23.2. The Balaban J connectivity index is 0.00000256. The summed E-state index contributed by atoms with van der Waals surface area (Å²) in [7, 11) is 0. The van der Waals surface area contributed by atoms with Crippen LogP contribution in [0.3, 0.4) is 0 Å². The van der Waals surface area contributed by atoms with Crippen molar-refractivity contribution in [2.45, 2.75) is 38.3 Å². The summed E-state index contributed by atoms with van der Waals surface area (Å²) in [5.74, 6) is 1.62. The van der Waals surface area contributed by atoms with Gasteiger partial charge in [0, 0.05) is 37.5 Å². The first-order chi connectivity index (χ1) is 14.2. The molecule has 1 heterocycles. The van der Waals surface area contributed by atoms with Crippen LogP contribution in [0.15, 0.2) is 59.6 Å². The maximum absolute atomic E-state index is 14.1. The van der Waals surface area contributed by atoms with Crippen molar-refractivity contribution < 1.29 is 9.13 Å². The quantitative estimate of drug-likeness (QED) is 0.322. The van der Waals surface area contributed by atoms with Crippen molar-refractivity contribution >= 4 is 29.9 Å². The lowest BCUT2D eigenvalue weighted by Crippen LogP contribution is -2.42. The van der Waals surface area contributed by atoms with Gasteiger partial charge in [0.25, 0.3) is 0 Å². The van der Waals surface area contributed by atoms with Crippen LogP contribution in [0, 0.1) is 11.7 Å². The van der Waals surface area contributed by atoms with Gasteiger partial charge in [0.1, 0.15) is 5.82 Å². The predicted molar refractivity (Wildman–Crippen MR) is 130 cm³/mol. The average Bonchev–Trinajstić information content (AvgIpc) is 3.33. The van der Waals surface area contributed by atoms with Gasteiger partial charge in [-0.2, -0.15) is 0 Å². The first-order valence-corrected chi connectivity index (χ1v) is 10.7. The molecule has 0 radical (unpaired) electrons. The molecule has 4 nitrogen and oxygen atoms in total. The molecule has 6 heteroatoms. The Morgan fingerprint density at radius 3 is 2.70 bits per heavy atom. The molecule has 0 aromatic heterocycles. The number of likely N-dealkylation sites (tertiary alicyclic amines) is 1. The molecule has 3 unspecified atom stereocenters. The fraction of sp³-hybridized carbons (Fsp3) is 0.458. The van der Waals surface area contributed by atoms with Gasteiger partial charge in [0.2, 0.25) is 0 Å². The van der Waals surface area contributed by atoms with E-state index < -0.39 is 0 Å². The zero-order chi connectivity index (χ0) is 20.1. The summed E-state index contributed by atoms with van der Waals surface area (Å²) >= 11 is 0. The van der Waals surface area contributed by atoms with Crippen molar-refractivity contribution in [2.24, 2.45) is 10.9 Å². The zero-order valence-corrected chi connectivity index (χ0v) is 19.8. The van der Waals surface area contributed by atoms with Crippen LogP contribution in [0.5, 0.6) is 0 Å². The van der Waals surface area contributed by atoms with Crippen molar-refractivity contribution in [3.8, 4) is 0 Å². The molecule has 1 aliphatic heterocycles. The number of rotatable bonds is 7. The molecule has 0 amide bonds. The van der Waals surface area contributed by atoms with Crippen LogP contribution in [0.2, 0.25) is 0 Å². The Morgan fingerprint density at radius 2 is 1.93 bits per heavy atom. The number of hydrogen-bond acceptors (Lipinski definition) is 2. The number of hydrogen-bond donors (Lipinski definition) is 1. The topological polar surface area (TPSA) is 36.9 Å². The molecule has 1 saturated heterocycles. The Hall–Kier alpha value is -1.67. The molecular formula is C24H31FIN3O. The lowest BCUT2D eigenvalue weighted by atomic mass is 10.1. The van der Waals surface area contributed by atoms with E-state index in [9.17, 15) is 4.39 Å². The highest BCUT2D eigenvalue weighted by Crippen LogP contribution is 2.42. The second-order valence-corrected chi connectivity index (χ2v) is 8.01. The van der Waals surface area contributed by atoms with E-state index in [-0.39, 0.29) is 41.8 Å². The number of guanidine groups is 1. The predicted octanol–water partition coefficient (Wildman–Crippen LogP) is 4.80. The van der Waals surface area contributed by atoms with Crippen LogP contribution in [0.1, 0.15) is 36.8 Å². The second kappa shape index (κ2) is 11.1. The Labute approximate surface area is 195 Å². The minimum Gasteiger partial charge on any atom is -0.376 e. The number of ether oxygens (including phenoxy) is 1. The molecule has 30 heavy (non-hydrogen) atoms. The third kappa shape index (κ3) is 5.94. The van der Waals surface area contributed by atoms with Crippen LogP contribution in [-0.4, -0.2) is 43.1 Å². The fourth-order valence-corrected chi connectivity index (χ4v) is 4.11. The molecule has 2 aliphatic rings. The summed E-state index contributed by atoms with van der Waals surface area (Å²) in [5.41, 5.74) is 2.03. The van der Waals surface area contributed by atoms with Gasteiger partial charge in [-0.05, 0) is 37.0 Å². The first kappa shape index (κ1) is 23.0. The highest BCUT2D eigenvalue weighted by atomic mass is 127. The van der Waals surface area contributed by atoms with Crippen molar-refractivity contribution in [1.82, 2.24) is 10.2 Å². The van der Waals surface area contributed by atoms with Gasteiger partial charge in [-0.25, -0.2) is 4.39 Å². The standard InChI is InChI=1S/C24H30FN3O.HI/c1-2-26-24(27-23-14-21(23)20-10-6-7-11-22(20)25)28-13-12-19(15-28)17-29-16-18-8-4-3-5-9-18;/h3-11,19,21,23H,2,12-17H2,1H3,(H,26,27);1H. The third-order valence-corrected chi connectivity index (χ3v) is 5.77. The molecule has 1 N–H and O–H groups in total. The first-order valence-electron chi connectivity index (χ1n) is 10.7. The average molecular weight is 523 g/mol. The molecular weight excluding hydrogens is 492 g/mol. The van der Waals surface area contributed by atoms with Crippen molar-refractivity contribution in [3.05, 3.63) is 71.5 Å².